The molecule has 20 heavy (non-hydrogen) atoms. The van der Waals surface area contributed by atoms with Gasteiger partial charge in [0, 0.05) is 25.6 Å². The molecule has 0 unspecified atom stereocenters. The van der Waals surface area contributed by atoms with E-state index in [0.717, 1.165) is 34.2 Å². The van der Waals surface area contributed by atoms with Crippen LogP contribution in [0.5, 0.6) is 0 Å². The van der Waals surface area contributed by atoms with E-state index in [-0.39, 0.29) is 5.92 Å². The monoisotopic (exact) mass is 292 g/mol. The molecule has 0 aliphatic carbocycles. The molecule has 0 saturated heterocycles. The number of nitrogens with one attached hydrogen (secondary N) is 1. The van der Waals surface area contributed by atoms with Crippen LogP contribution in [-0.2, 0) is 7.05 Å². The largest absolute Gasteiger partial charge is 0.370 e. The second kappa shape index (κ2) is 6.21. The van der Waals surface area contributed by atoms with Gasteiger partial charge in [0.25, 0.3) is 0 Å². The molecule has 2 heterocycles. The second-order valence-corrected chi connectivity index (χ2v) is 5.81. The van der Waals surface area contributed by atoms with E-state index in [4.69, 9.17) is 0 Å². The predicted molar refractivity (Wildman–Crippen MR) is 80.1 cm³/mol. The Morgan fingerprint density at radius 1 is 1.30 bits per heavy atom. The predicted octanol–water partition coefficient (Wildman–Crippen LogP) is 2.62. The summed E-state index contributed by atoms with van der Waals surface area (Å²) in [5.41, 5.74) is 0. The molecule has 0 atom stereocenters. The van der Waals surface area contributed by atoms with Crippen LogP contribution < -0.4 is 5.32 Å². The molecule has 0 spiro atoms. The molecule has 0 aliphatic rings. The van der Waals surface area contributed by atoms with Crippen LogP contribution in [0.4, 0.5) is 5.82 Å². The van der Waals surface area contributed by atoms with Crippen LogP contribution in [-0.4, -0.2) is 31.3 Å². The van der Waals surface area contributed by atoms with Gasteiger partial charge in [-0.3, -0.25) is 0 Å². The highest BCUT2D eigenvalue weighted by Gasteiger charge is 2.12. The maximum Gasteiger partial charge on any atom is 0.197 e. The van der Waals surface area contributed by atoms with Crippen LogP contribution >= 0.6 is 11.8 Å². The van der Waals surface area contributed by atoms with Crippen molar-refractivity contribution < 1.29 is 0 Å². The van der Waals surface area contributed by atoms with Crippen molar-refractivity contribution in [1.29, 1.82) is 0 Å². The summed E-state index contributed by atoms with van der Waals surface area (Å²) in [6, 6.07) is 1.95. The maximum atomic E-state index is 4.59. The molecule has 0 amide bonds. The zero-order valence-electron chi connectivity index (χ0n) is 12.5. The second-order valence-electron chi connectivity index (χ2n) is 4.83. The maximum absolute atomic E-state index is 4.59. The minimum atomic E-state index is 0.286. The molecule has 2 aromatic rings. The first-order chi connectivity index (χ1) is 9.51. The van der Waals surface area contributed by atoms with Crippen LogP contribution in [0.15, 0.2) is 16.2 Å². The molecular weight excluding hydrogens is 272 g/mol. The molecule has 0 bridgehead atoms. The standard InChI is InChI=1S/C13H20N6S/c1-6-14-10-7-11(16-12(15-10)8(2)3)20-13-18-17-9(4)19(13)5/h7-8H,6H2,1-5H3,(H,14,15,16). The van der Waals surface area contributed by atoms with Gasteiger partial charge in [0.2, 0.25) is 0 Å². The molecule has 7 heteroatoms. The van der Waals surface area contributed by atoms with Crippen LogP contribution in [0.25, 0.3) is 0 Å². The van der Waals surface area contributed by atoms with Crippen LogP contribution in [0.1, 0.15) is 38.3 Å². The highest BCUT2D eigenvalue weighted by atomic mass is 32.2. The van der Waals surface area contributed by atoms with Crippen molar-refractivity contribution in [3.8, 4) is 0 Å². The van der Waals surface area contributed by atoms with Gasteiger partial charge in [-0.05, 0) is 25.6 Å². The number of anilines is 1. The Bertz CT molecular complexity index is 593. The van der Waals surface area contributed by atoms with Crippen molar-refractivity contribution in [2.24, 2.45) is 7.05 Å². The molecule has 0 saturated carbocycles. The Morgan fingerprint density at radius 2 is 2.05 bits per heavy atom. The quantitative estimate of drug-likeness (QED) is 0.854. The lowest BCUT2D eigenvalue weighted by atomic mass is 10.2. The number of aryl methyl sites for hydroxylation is 1. The third kappa shape index (κ3) is 3.27. The lowest BCUT2D eigenvalue weighted by Crippen LogP contribution is -2.05. The summed E-state index contributed by atoms with van der Waals surface area (Å²) in [5.74, 6) is 2.86. The third-order valence-corrected chi connectivity index (χ3v) is 3.80. The van der Waals surface area contributed by atoms with Gasteiger partial charge in [-0.15, -0.1) is 10.2 Å². The fourth-order valence-electron chi connectivity index (χ4n) is 1.60. The molecule has 0 radical (unpaired) electrons. The first kappa shape index (κ1) is 14.8. The Labute approximate surface area is 123 Å². The van der Waals surface area contributed by atoms with E-state index in [0.29, 0.717) is 0 Å². The smallest absolute Gasteiger partial charge is 0.197 e. The molecule has 6 nitrogen and oxygen atoms in total. The van der Waals surface area contributed by atoms with E-state index in [1.807, 2.05) is 24.6 Å². The van der Waals surface area contributed by atoms with Gasteiger partial charge >= 0.3 is 0 Å². The van der Waals surface area contributed by atoms with E-state index in [1.54, 1.807) is 0 Å². The van der Waals surface area contributed by atoms with E-state index >= 15 is 0 Å². The van der Waals surface area contributed by atoms with Crippen molar-refractivity contribution in [2.45, 2.75) is 43.8 Å². The third-order valence-electron chi connectivity index (χ3n) is 2.84. The molecule has 0 aromatic carbocycles. The summed E-state index contributed by atoms with van der Waals surface area (Å²) in [5, 5.41) is 13.2. The number of rotatable bonds is 5. The molecule has 0 fully saturated rings. The molecule has 1 N–H and O–H groups in total. The van der Waals surface area contributed by atoms with Gasteiger partial charge in [0.05, 0.1) is 0 Å². The lowest BCUT2D eigenvalue weighted by Gasteiger charge is -2.10. The van der Waals surface area contributed by atoms with Crippen molar-refractivity contribution in [3.05, 3.63) is 17.7 Å². The number of hydrogen-bond acceptors (Lipinski definition) is 6. The van der Waals surface area contributed by atoms with Crippen LogP contribution in [0.2, 0.25) is 0 Å². The molecular formula is C13H20N6S. The number of aromatic nitrogens is 5. The highest BCUT2D eigenvalue weighted by Crippen LogP contribution is 2.27. The van der Waals surface area contributed by atoms with Crippen molar-refractivity contribution >= 4 is 17.6 Å². The highest BCUT2D eigenvalue weighted by molar-refractivity contribution is 7.99. The zero-order chi connectivity index (χ0) is 14.7. The average Bonchev–Trinajstić information content (AvgIpc) is 2.71. The molecule has 0 aliphatic heterocycles. The van der Waals surface area contributed by atoms with Gasteiger partial charge in [-0.25, -0.2) is 9.97 Å². The Hall–Kier alpha value is -1.63. The fourth-order valence-corrected chi connectivity index (χ4v) is 2.44. The van der Waals surface area contributed by atoms with Gasteiger partial charge in [0.15, 0.2) is 5.16 Å². The minimum Gasteiger partial charge on any atom is -0.370 e. The van der Waals surface area contributed by atoms with E-state index in [1.165, 1.54) is 11.8 Å². The van der Waals surface area contributed by atoms with Crippen LogP contribution in [0, 0.1) is 6.92 Å². The van der Waals surface area contributed by atoms with Crippen LogP contribution in [0.3, 0.4) is 0 Å². The zero-order valence-corrected chi connectivity index (χ0v) is 13.3. The van der Waals surface area contributed by atoms with Gasteiger partial charge in [-0.2, -0.15) is 0 Å². The van der Waals surface area contributed by atoms with E-state index in [2.05, 4.69) is 46.3 Å². The summed E-state index contributed by atoms with van der Waals surface area (Å²) in [7, 11) is 1.95. The van der Waals surface area contributed by atoms with E-state index in [9.17, 15) is 0 Å². The summed E-state index contributed by atoms with van der Waals surface area (Å²) in [6.07, 6.45) is 0. The van der Waals surface area contributed by atoms with Crippen molar-refractivity contribution in [1.82, 2.24) is 24.7 Å². The average molecular weight is 292 g/mol. The Balaban J connectivity index is 2.32. The fraction of sp³-hybridized carbons (Fsp3) is 0.538. The normalized spacial score (nSPS) is 11.1. The number of nitrogens with zero attached hydrogens (tertiary/aromatic N) is 5. The Morgan fingerprint density at radius 3 is 2.60 bits per heavy atom. The molecule has 2 rings (SSSR count). The van der Waals surface area contributed by atoms with Gasteiger partial charge in [-0.1, -0.05) is 13.8 Å². The first-order valence-corrected chi connectivity index (χ1v) is 7.49. The first-order valence-electron chi connectivity index (χ1n) is 6.68. The molecule has 2 aromatic heterocycles. The summed E-state index contributed by atoms with van der Waals surface area (Å²) >= 11 is 1.50. The van der Waals surface area contributed by atoms with Crippen molar-refractivity contribution in [3.63, 3.8) is 0 Å². The topological polar surface area (TPSA) is 68.5 Å². The summed E-state index contributed by atoms with van der Waals surface area (Å²) < 4.78 is 1.95. The lowest BCUT2D eigenvalue weighted by molar-refractivity contribution is 0.746. The number of hydrogen-bond donors (Lipinski definition) is 1. The van der Waals surface area contributed by atoms with Crippen molar-refractivity contribution in [2.75, 3.05) is 11.9 Å². The van der Waals surface area contributed by atoms with Gasteiger partial charge < -0.3 is 9.88 Å². The SMILES string of the molecule is CCNc1cc(Sc2nnc(C)n2C)nc(C(C)C)n1. The van der Waals surface area contributed by atoms with Gasteiger partial charge in [0.1, 0.15) is 22.5 Å². The summed E-state index contributed by atoms with van der Waals surface area (Å²) in [4.78, 5) is 9.11. The molecule has 108 valence electrons. The van der Waals surface area contributed by atoms with E-state index < -0.39 is 0 Å². The Kier molecular flexibility index (Phi) is 4.59. The summed E-state index contributed by atoms with van der Waals surface area (Å²) in [6.45, 7) is 9.00. The minimum absolute atomic E-state index is 0.286.